The average molecular weight is 344 g/mol. The number of fused-ring (bicyclic) bond motifs is 1. The Bertz CT molecular complexity index is 600. The Morgan fingerprint density at radius 1 is 1.38 bits per heavy atom. The van der Waals surface area contributed by atoms with Crippen LogP contribution in [0.15, 0.2) is 18.2 Å². The predicted octanol–water partition coefficient (Wildman–Crippen LogP) is 2.89. The number of alkyl halides is 2. The van der Waals surface area contributed by atoms with Gasteiger partial charge in [0.05, 0.1) is 19.2 Å². The molecule has 24 heavy (non-hydrogen) atoms. The number of nitrogens with zero attached hydrogens (tertiary/aromatic N) is 1. The highest BCUT2D eigenvalue weighted by atomic mass is 19.3. The van der Waals surface area contributed by atoms with Gasteiger partial charge in [0.25, 0.3) is 0 Å². The Kier molecular flexibility index (Phi) is 5.13. The third kappa shape index (κ3) is 4.11. The third-order valence-corrected chi connectivity index (χ3v) is 4.30. The summed E-state index contributed by atoms with van der Waals surface area (Å²) in [6.45, 7) is -1.84. The van der Waals surface area contributed by atoms with Gasteiger partial charge in [-0.05, 0) is 25.3 Å². The molecule has 1 aliphatic carbocycles. The summed E-state index contributed by atoms with van der Waals surface area (Å²) in [5.74, 6) is 0.0549. The molecule has 8 heteroatoms. The van der Waals surface area contributed by atoms with Gasteiger partial charge in [-0.25, -0.2) is 9.18 Å². The van der Waals surface area contributed by atoms with E-state index in [1.807, 2.05) is 0 Å². The Hall–Kier alpha value is -1.96. The van der Waals surface area contributed by atoms with E-state index in [0.29, 0.717) is 38.1 Å². The summed E-state index contributed by atoms with van der Waals surface area (Å²) in [7, 11) is 0. The highest BCUT2D eigenvalue weighted by Crippen LogP contribution is 2.26. The van der Waals surface area contributed by atoms with Gasteiger partial charge in [-0.15, -0.1) is 0 Å². The number of nitrogens with one attached hydrogen (secondary N) is 1. The predicted molar refractivity (Wildman–Crippen MR) is 79.4 cm³/mol. The lowest BCUT2D eigenvalue weighted by atomic mass is 10.2. The van der Waals surface area contributed by atoms with Gasteiger partial charge in [-0.2, -0.15) is 8.78 Å². The van der Waals surface area contributed by atoms with Crippen LogP contribution >= 0.6 is 0 Å². The fourth-order valence-electron chi connectivity index (χ4n) is 3.12. The maximum absolute atomic E-state index is 13.2. The van der Waals surface area contributed by atoms with Crippen molar-refractivity contribution in [2.75, 3.05) is 13.2 Å². The molecule has 1 heterocycles. The van der Waals surface area contributed by atoms with Crippen LogP contribution in [0.4, 0.5) is 18.0 Å². The highest BCUT2D eigenvalue weighted by Gasteiger charge is 2.30. The molecule has 1 N–H and O–H groups in total. The molecular formula is C16H19F3N2O3. The smallest absolute Gasteiger partial charge is 0.345 e. The highest BCUT2D eigenvalue weighted by molar-refractivity contribution is 5.74. The van der Waals surface area contributed by atoms with Crippen LogP contribution in [0, 0.1) is 5.82 Å². The molecule has 0 aromatic heterocycles. The summed E-state index contributed by atoms with van der Waals surface area (Å²) in [5, 5.41) is 2.85. The molecule has 2 aliphatic rings. The molecular weight excluding hydrogens is 325 g/mol. The number of carbonyl (C=O) groups excluding carboxylic acids is 1. The first-order valence-electron chi connectivity index (χ1n) is 7.91. The average Bonchev–Trinajstić information content (AvgIpc) is 2.82. The normalized spacial score (nSPS) is 23.6. The number of benzene rings is 1. The van der Waals surface area contributed by atoms with Gasteiger partial charge in [0.1, 0.15) is 18.2 Å². The molecule has 2 amide bonds. The minimum Gasteiger partial charge on any atom is -0.491 e. The molecule has 1 aliphatic heterocycles. The molecule has 0 radical (unpaired) electrons. The Morgan fingerprint density at radius 2 is 2.21 bits per heavy atom. The van der Waals surface area contributed by atoms with Gasteiger partial charge in [0.2, 0.25) is 0 Å². The number of rotatable bonds is 3. The molecule has 0 spiro atoms. The second-order valence-electron chi connectivity index (χ2n) is 6.00. The molecule has 2 unspecified atom stereocenters. The molecule has 5 nitrogen and oxygen atoms in total. The van der Waals surface area contributed by atoms with Crippen molar-refractivity contribution in [3.63, 3.8) is 0 Å². The topological polar surface area (TPSA) is 50.8 Å². The van der Waals surface area contributed by atoms with Crippen LogP contribution in [-0.4, -0.2) is 42.8 Å². The molecule has 1 fully saturated rings. The van der Waals surface area contributed by atoms with Gasteiger partial charge >= 0.3 is 12.6 Å². The van der Waals surface area contributed by atoms with Gasteiger partial charge in [0.15, 0.2) is 0 Å². The summed E-state index contributed by atoms with van der Waals surface area (Å²) < 4.78 is 47.7. The van der Waals surface area contributed by atoms with E-state index in [1.165, 1.54) is 12.1 Å². The first-order chi connectivity index (χ1) is 11.5. The monoisotopic (exact) mass is 344 g/mol. The fraction of sp³-hybridized carbons (Fsp3) is 0.562. The van der Waals surface area contributed by atoms with Crippen LogP contribution in [0.3, 0.4) is 0 Å². The molecule has 1 aromatic carbocycles. The molecule has 1 saturated carbocycles. The summed E-state index contributed by atoms with van der Waals surface area (Å²) in [6.07, 6.45) is 0.962. The van der Waals surface area contributed by atoms with E-state index < -0.39 is 12.7 Å². The van der Waals surface area contributed by atoms with Crippen molar-refractivity contribution < 1.29 is 27.4 Å². The van der Waals surface area contributed by atoms with Gasteiger partial charge < -0.3 is 19.7 Å². The van der Waals surface area contributed by atoms with Crippen LogP contribution in [0.25, 0.3) is 0 Å². The molecule has 0 saturated heterocycles. The van der Waals surface area contributed by atoms with E-state index in [2.05, 4.69) is 10.1 Å². The van der Waals surface area contributed by atoms with Crippen molar-refractivity contribution in [1.29, 1.82) is 0 Å². The maximum atomic E-state index is 13.2. The van der Waals surface area contributed by atoms with Crippen LogP contribution in [-0.2, 0) is 11.3 Å². The number of amides is 2. The second-order valence-corrected chi connectivity index (χ2v) is 6.00. The third-order valence-electron chi connectivity index (χ3n) is 4.30. The quantitative estimate of drug-likeness (QED) is 0.917. The van der Waals surface area contributed by atoms with E-state index in [-0.39, 0.29) is 24.5 Å². The minimum absolute atomic E-state index is 0.182. The van der Waals surface area contributed by atoms with E-state index in [9.17, 15) is 18.0 Å². The maximum Gasteiger partial charge on any atom is 0.345 e. The lowest BCUT2D eigenvalue weighted by molar-refractivity contribution is -0.160. The van der Waals surface area contributed by atoms with Crippen LogP contribution in [0.5, 0.6) is 5.75 Å². The first kappa shape index (κ1) is 16.9. The Balaban J connectivity index is 1.56. The largest absolute Gasteiger partial charge is 0.491 e. The lowest BCUT2D eigenvalue weighted by Crippen LogP contribution is -2.44. The van der Waals surface area contributed by atoms with Crippen molar-refractivity contribution in [3.8, 4) is 5.75 Å². The Morgan fingerprint density at radius 3 is 3.00 bits per heavy atom. The standard InChI is InChI=1S/C16H19F3N2O3/c17-11-2-1-10-9-21(5-6-23-14(10)7-11)16(22)20-12-3-4-13(8-12)24-15(18)19/h1-2,7,12-13,15H,3-6,8-9H2,(H,20,22). The van der Waals surface area contributed by atoms with Gasteiger partial charge in [0, 0.05) is 17.7 Å². The number of hydrogen-bond acceptors (Lipinski definition) is 3. The lowest BCUT2D eigenvalue weighted by Gasteiger charge is -2.23. The number of urea groups is 1. The van der Waals surface area contributed by atoms with Crippen molar-refractivity contribution in [1.82, 2.24) is 10.2 Å². The van der Waals surface area contributed by atoms with Gasteiger partial charge in [-0.1, -0.05) is 6.07 Å². The Labute approximate surface area is 137 Å². The minimum atomic E-state index is -2.79. The zero-order valence-corrected chi connectivity index (χ0v) is 13.0. The molecule has 1 aromatic rings. The number of hydrogen-bond donors (Lipinski definition) is 1. The van der Waals surface area contributed by atoms with E-state index in [1.54, 1.807) is 11.0 Å². The van der Waals surface area contributed by atoms with Gasteiger partial charge in [-0.3, -0.25) is 0 Å². The zero-order chi connectivity index (χ0) is 17.1. The first-order valence-corrected chi connectivity index (χ1v) is 7.91. The fourth-order valence-corrected chi connectivity index (χ4v) is 3.12. The SMILES string of the molecule is O=C(NC1CCC(OC(F)F)C1)N1CCOc2cc(F)ccc2C1. The van der Waals surface area contributed by atoms with E-state index in [4.69, 9.17) is 4.74 Å². The van der Waals surface area contributed by atoms with E-state index >= 15 is 0 Å². The summed E-state index contributed by atoms with van der Waals surface area (Å²) in [6, 6.07) is 3.77. The van der Waals surface area contributed by atoms with Crippen LogP contribution in [0.2, 0.25) is 0 Å². The number of carbonyl (C=O) groups is 1. The number of halogens is 3. The molecule has 0 bridgehead atoms. The molecule has 3 rings (SSSR count). The summed E-state index contributed by atoms with van der Waals surface area (Å²) in [4.78, 5) is 14.0. The van der Waals surface area contributed by atoms with Crippen molar-refractivity contribution >= 4 is 6.03 Å². The molecule has 2 atom stereocenters. The van der Waals surface area contributed by atoms with Crippen LogP contribution in [0.1, 0.15) is 24.8 Å². The number of ether oxygens (including phenoxy) is 2. The molecule has 132 valence electrons. The van der Waals surface area contributed by atoms with Crippen molar-refractivity contribution in [3.05, 3.63) is 29.6 Å². The second kappa shape index (κ2) is 7.29. The zero-order valence-electron chi connectivity index (χ0n) is 13.0. The summed E-state index contributed by atoms with van der Waals surface area (Å²) in [5.41, 5.74) is 0.731. The van der Waals surface area contributed by atoms with Crippen LogP contribution < -0.4 is 10.1 Å². The van der Waals surface area contributed by atoms with Crippen molar-refractivity contribution in [2.24, 2.45) is 0 Å². The van der Waals surface area contributed by atoms with E-state index in [0.717, 1.165) is 5.56 Å². The van der Waals surface area contributed by atoms with Crippen molar-refractivity contribution in [2.45, 2.75) is 44.6 Å². The summed E-state index contributed by atoms with van der Waals surface area (Å²) >= 11 is 0.